The summed E-state index contributed by atoms with van der Waals surface area (Å²) in [6.07, 6.45) is -4.14. The Labute approximate surface area is 113 Å². The van der Waals surface area contributed by atoms with Gasteiger partial charge in [0.05, 0.1) is 5.56 Å². The lowest BCUT2D eigenvalue weighted by molar-refractivity contribution is -0.141. The van der Waals surface area contributed by atoms with Crippen LogP contribution in [0, 0.1) is 5.82 Å². The van der Waals surface area contributed by atoms with E-state index in [4.69, 9.17) is 5.11 Å². The van der Waals surface area contributed by atoms with Gasteiger partial charge in [-0.1, -0.05) is 6.92 Å². The molecule has 3 nitrogen and oxygen atoms in total. The quantitative estimate of drug-likeness (QED) is 0.818. The first-order valence-corrected chi connectivity index (χ1v) is 6.01. The highest BCUT2D eigenvalue weighted by molar-refractivity contribution is 5.75. The number of alkyl halides is 3. The molecule has 7 heteroatoms. The van der Waals surface area contributed by atoms with Crippen molar-refractivity contribution >= 4 is 5.97 Å². The van der Waals surface area contributed by atoms with Crippen LogP contribution in [0.2, 0.25) is 0 Å². The molecule has 0 saturated heterocycles. The minimum absolute atomic E-state index is 0.228. The van der Waals surface area contributed by atoms with Gasteiger partial charge in [-0.3, -0.25) is 10.1 Å². The van der Waals surface area contributed by atoms with Crippen LogP contribution in [-0.2, 0) is 11.0 Å². The second-order valence-electron chi connectivity index (χ2n) is 4.52. The van der Waals surface area contributed by atoms with E-state index in [1.165, 1.54) is 0 Å². The molecule has 2 atom stereocenters. The number of carbonyl (C=O) groups is 1. The molecule has 0 aliphatic rings. The normalized spacial score (nSPS) is 14.9. The fraction of sp³-hybridized carbons (Fsp3) is 0.462. The Hall–Kier alpha value is -1.63. The fourth-order valence-electron chi connectivity index (χ4n) is 1.66. The molecule has 0 bridgehead atoms. The zero-order valence-electron chi connectivity index (χ0n) is 11.0. The number of rotatable bonds is 5. The van der Waals surface area contributed by atoms with Gasteiger partial charge in [0.15, 0.2) is 0 Å². The summed E-state index contributed by atoms with van der Waals surface area (Å²) in [5.41, 5.74) is -1.46. The maximum atomic E-state index is 13.3. The summed E-state index contributed by atoms with van der Waals surface area (Å²) >= 11 is 0. The minimum Gasteiger partial charge on any atom is -0.480 e. The molecule has 112 valence electrons. The van der Waals surface area contributed by atoms with Gasteiger partial charge < -0.3 is 5.11 Å². The molecule has 0 saturated carbocycles. The van der Waals surface area contributed by atoms with Crippen LogP contribution < -0.4 is 5.32 Å². The maximum absolute atomic E-state index is 13.3. The second-order valence-corrected chi connectivity index (χ2v) is 4.52. The number of carboxylic acid groups (broad SMARTS) is 1. The smallest absolute Gasteiger partial charge is 0.416 e. The van der Waals surface area contributed by atoms with E-state index in [9.17, 15) is 22.4 Å². The standard InChI is InChI=1S/C13H15F4NO2/c1-3-7(2)18-11(12(19)20)8-4-9(13(15,16)17)6-10(14)5-8/h4-7,11,18H,3H2,1-2H3,(H,19,20). The van der Waals surface area contributed by atoms with Crippen molar-refractivity contribution < 1.29 is 27.5 Å². The molecule has 2 N–H and O–H groups in total. The van der Waals surface area contributed by atoms with Crippen molar-refractivity contribution in [2.24, 2.45) is 0 Å². The highest BCUT2D eigenvalue weighted by Crippen LogP contribution is 2.31. The second kappa shape index (κ2) is 6.21. The van der Waals surface area contributed by atoms with Gasteiger partial charge in [-0.15, -0.1) is 0 Å². The Bertz CT molecular complexity index is 488. The SMILES string of the molecule is CCC(C)NC(C(=O)O)c1cc(F)cc(C(F)(F)F)c1. The third-order valence-corrected chi connectivity index (χ3v) is 2.89. The number of halogens is 4. The van der Waals surface area contributed by atoms with Crippen molar-refractivity contribution in [1.82, 2.24) is 5.32 Å². The predicted octanol–water partition coefficient (Wildman–Crippen LogP) is 3.36. The van der Waals surface area contributed by atoms with Gasteiger partial charge in [0.25, 0.3) is 0 Å². The van der Waals surface area contributed by atoms with E-state index in [0.29, 0.717) is 18.6 Å². The molecule has 2 unspecified atom stereocenters. The van der Waals surface area contributed by atoms with E-state index in [-0.39, 0.29) is 11.6 Å². The third-order valence-electron chi connectivity index (χ3n) is 2.89. The van der Waals surface area contributed by atoms with Crippen LogP contribution in [0.5, 0.6) is 0 Å². The number of benzene rings is 1. The third kappa shape index (κ3) is 4.19. The minimum atomic E-state index is -4.73. The lowest BCUT2D eigenvalue weighted by Gasteiger charge is -2.20. The predicted molar refractivity (Wildman–Crippen MR) is 64.7 cm³/mol. The fourth-order valence-corrected chi connectivity index (χ4v) is 1.66. The Morgan fingerprint density at radius 2 is 1.95 bits per heavy atom. The lowest BCUT2D eigenvalue weighted by Crippen LogP contribution is -2.35. The Balaban J connectivity index is 3.20. The van der Waals surface area contributed by atoms with E-state index in [1.54, 1.807) is 13.8 Å². The van der Waals surface area contributed by atoms with Crippen LogP contribution in [-0.4, -0.2) is 17.1 Å². The van der Waals surface area contributed by atoms with Crippen LogP contribution in [0.25, 0.3) is 0 Å². The molecule has 0 spiro atoms. The van der Waals surface area contributed by atoms with Crippen molar-refractivity contribution in [1.29, 1.82) is 0 Å². The molecular formula is C13H15F4NO2. The highest BCUT2D eigenvalue weighted by atomic mass is 19.4. The van der Waals surface area contributed by atoms with Crippen molar-refractivity contribution in [3.05, 3.63) is 35.1 Å². The van der Waals surface area contributed by atoms with E-state index in [1.807, 2.05) is 0 Å². The summed E-state index contributed by atoms with van der Waals surface area (Å²) in [7, 11) is 0. The number of hydrogen-bond donors (Lipinski definition) is 2. The van der Waals surface area contributed by atoms with Crippen molar-refractivity contribution in [2.45, 2.75) is 38.5 Å². The molecule has 0 amide bonds. The largest absolute Gasteiger partial charge is 0.480 e. The molecule has 0 aromatic heterocycles. The lowest BCUT2D eigenvalue weighted by atomic mass is 10.0. The zero-order chi connectivity index (χ0) is 15.5. The zero-order valence-corrected chi connectivity index (χ0v) is 11.0. The Morgan fingerprint density at radius 1 is 1.35 bits per heavy atom. The molecule has 0 radical (unpaired) electrons. The Morgan fingerprint density at radius 3 is 2.40 bits per heavy atom. The number of aliphatic carboxylic acids is 1. The first-order valence-electron chi connectivity index (χ1n) is 6.01. The summed E-state index contributed by atoms with van der Waals surface area (Å²) in [6, 6.07) is 0.169. The van der Waals surface area contributed by atoms with Crippen LogP contribution in [0.1, 0.15) is 37.4 Å². The number of carboxylic acids is 1. The topological polar surface area (TPSA) is 49.3 Å². The van der Waals surface area contributed by atoms with E-state index >= 15 is 0 Å². The summed E-state index contributed by atoms with van der Waals surface area (Å²) in [4.78, 5) is 11.2. The van der Waals surface area contributed by atoms with Gasteiger partial charge in [0.2, 0.25) is 0 Å². The van der Waals surface area contributed by atoms with Crippen LogP contribution >= 0.6 is 0 Å². The maximum Gasteiger partial charge on any atom is 0.416 e. The molecule has 0 fully saturated rings. The molecule has 0 aliphatic carbocycles. The number of hydrogen-bond acceptors (Lipinski definition) is 2. The van der Waals surface area contributed by atoms with Crippen molar-refractivity contribution in [2.75, 3.05) is 0 Å². The van der Waals surface area contributed by atoms with Crippen LogP contribution in [0.15, 0.2) is 18.2 Å². The molecule has 0 heterocycles. The van der Waals surface area contributed by atoms with Crippen LogP contribution in [0.4, 0.5) is 17.6 Å². The van der Waals surface area contributed by atoms with E-state index in [2.05, 4.69) is 5.32 Å². The van der Waals surface area contributed by atoms with Gasteiger partial charge in [-0.2, -0.15) is 13.2 Å². The summed E-state index contributed by atoms with van der Waals surface area (Å²) in [6.45, 7) is 3.49. The van der Waals surface area contributed by atoms with Gasteiger partial charge >= 0.3 is 12.1 Å². The van der Waals surface area contributed by atoms with Gasteiger partial charge in [0.1, 0.15) is 11.9 Å². The average molecular weight is 293 g/mol. The van der Waals surface area contributed by atoms with Gasteiger partial charge in [-0.25, -0.2) is 4.39 Å². The Kier molecular flexibility index (Phi) is 5.10. The van der Waals surface area contributed by atoms with E-state index < -0.39 is 29.6 Å². The first kappa shape index (κ1) is 16.4. The molecule has 1 rings (SSSR count). The summed E-state index contributed by atoms with van der Waals surface area (Å²) < 4.78 is 51.1. The number of nitrogens with one attached hydrogen (secondary N) is 1. The molecule has 1 aromatic carbocycles. The summed E-state index contributed by atoms with van der Waals surface area (Å²) in [5, 5.41) is 11.7. The molecule has 20 heavy (non-hydrogen) atoms. The summed E-state index contributed by atoms with van der Waals surface area (Å²) in [5.74, 6) is -2.48. The van der Waals surface area contributed by atoms with E-state index in [0.717, 1.165) is 6.07 Å². The van der Waals surface area contributed by atoms with Gasteiger partial charge in [0, 0.05) is 6.04 Å². The highest BCUT2D eigenvalue weighted by Gasteiger charge is 2.33. The van der Waals surface area contributed by atoms with Gasteiger partial charge in [-0.05, 0) is 37.1 Å². The van der Waals surface area contributed by atoms with Crippen LogP contribution in [0.3, 0.4) is 0 Å². The monoisotopic (exact) mass is 293 g/mol. The van der Waals surface area contributed by atoms with Crippen molar-refractivity contribution in [3.63, 3.8) is 0 Å². The molecule has 1 aromatic rings. The average Bonchev–Trinajstić information content (AvgIpc) is 2.33. The molecular weight excluding hydrogens is 278 g/mol. The van der Waals surface area contributed by atoms with Crippen molar-refractivity contribution in [3.8, 4) is 0 Å². The first-order chi connectivity index (χ1) is 9.15. The molecule has 0 aliphatic heterocycles.